The van der Waals surface area contributed by atoms with Crippen molar-refractivity contribution in [3.8, 4) is 6.07 Å². The predicted molar refractivity (Wildman–Crippen MR) is 113 cm³/mol. The Labute approximate surface area is 165 Å². The van der Waals surface area contributed by atoms with Crippen LogP contribution in [0.15, 0.2) is 84.6 Å². The van der Waals surface area contributed by atoms with Crippen LogP contribution in [-0.4, -0.2) is 16.8 Å². The van der Waals surface area contributed by atoms with E-state index >= 15 is 0 Å². The molecular formula is C24H23N3O. The third-order valence-electron chi connectivity index (χ3n) is 4.56. The summed E-state index contributed by atoms with van der Waals surface area (Å²) < 4.78 is 0. The molecule has 140 valence electrons. The van der Waals surface area contributed by atoms with Gasteiger partial charge in [-0.15, -0.1) is 0 Å². The molecule has 0 aliphatic heterocycles. The number of hydrogen-bond donors (Lipinski definition) is 1. The Morgan fingerprint density at radius 2 is 1.71 bits per heavy atom. The Balaban J connectivity index is 1.79. The van der Waals surface area contributed by atoms with Crippen molar-refractivity contribution in [3.05, 3.63) is 90.1 Å². The number of anilines is 1. The van der Waals surface area contributed by atoms with Gasteiger partial charge in [0.1, 0.15) is 11.6 Å². The van der Waals surface area contributed by atoms with Gasteiger partial charge in [-0.1, -0.05) is 60.7 Å². The van der Waals surface area contributed by atoms with E-state index in [4.69, 9.17) is 0 Å². The molecular weight excluding hydrogens is 346 g/mol. The fraction of sp³-hybridized carbons (Fsp3) is 0.167. The van der Waals surface area contributed by atoms with Crippen molar-refractivity contribution in [3.63, 3.8) is 0 Å². The fourth-order valence-electron chi connectivity index (χ4n) is 3.00. The number of nitrogens with zero attached hydrogens (tertiary/aromatic N) is 2. The molecule has 3 aromatic rings. The Bertz CT molecular complexity index is 1030. The monoisotopic (exact) mass is 369 g/mol. The minimum absolute atomic E-state index is 0.0230. The molecule has 28 heavy (non-hydrogen) atoms. The van der Waals surface area contributed by atoms with Crippen LogP contribution in [0.1, 0.15) is 19.4 Å². The second-order valence-electron chi connectivity index (χ2n) is 6.89. The maximum Gasteiger partial charge on any atom is 0.266 e. The van der Waals surface area contributed by atoms with Crippen LogP contribution in [0.3, 0.4) is 0 Å². The lowest BCUT2D eigenvalue weighted by atomic mass is 10.1. The summed E-state index contributed by atoms with van der Waals surface area (Å²) in [6.45, 7) is 4.37. The SMILES string of the molecule is CC(C)N(Cc1ccccc1)C(=O)/C(C#N)=C\Nc1ccc2ccccc2c1. The first kappa shape index (κ1) is 19.2. The van der Waals surface area contributed by atoms with Gasteiger partial charge in [0.25, 0.3) is 5.91 Å². The molecule has 0 radical (unpaired) electrons. The second kappa shape index (κ2) is 8.88. The predicted octanol–water partition coefficient (Wildman–Crippen LogP) is 5.10. The zero-order valence-corrected chi connectivity index (χ0v) is 16.1. The highest BCUT2D eigenvalue weighted by molar-refractivity contribution is 5.97. The summed E-state index contributed by atoms with van der Waals surface area (Å²) >= 11 is 0. The topological polar surface area (TPSA) is 56.1 Å². The van der Waals surface area contributed by atoms with E-state index in [1.807, 2.05) is 92.7 Å². The van der Waals surface area contributed by atoms with E-state index in [-0.39, 0.29) is 17.5 Å². The first-order chi connectivity index (χ1) is 13.6. The lowest BCUT2D eigenvalue weighted by Gasteiger charge is -2.26. The molecule has 0 atom stereocenters. The molecule has 0 saturated heterocycles. The van der Waals surface area contributed by atoms with Gasteiger partial charge in [0, 0.05) is 24.5 Å². The van der Waals surface area contributed by atoms with Crippen LogP contribution < -0.4 is 5.32 Å². The van der Waals surface area contributed by atoms with Gasteiger partial charge >= 0.3 is 0 Å². The van der Waals surface area contributed by atoms with Gasteiger partial charge in [-0.3, -0.25) is 4.79 Å². The van der Waals surface area contributed by atoms with Gasteiger partial charge < -0.3 is 10.2 Å². The molecule has 0 saturated carbocycles. The maximum atomic E-state index is 12.9. The van der Waals surface area contributed by atoms with Crippen LogP contribution >= 0.6 is 0 Å². The van der Waals surface area contributed by atoms with E-state index in [2.05, 4.69) is 5.32 Å². The number of nitrogens with one attached hydrogen (secondary N) is 1. The summed E-state index contributed by atoms with van der Waals surface area (Å²) in [6.07, 6.45) is 1.49. The summed E-state index contributed by atoms with van der Waals surface area (Å²) in [5, 5.41) is 14.9. The molecule has 1 amide bonds. The molecule has 0 aromatic heterocycles. The van der Waals surface area contributed by atoms with Crippen molar-refractivity contribution in [2.45, 2.75) is 26.4 Å². The van der Waals surface area contributed by atoms with Crippen LogP contribution in [-0.2, 0) is 11.3 Å². The largest absolute Gasteiger partial charge is 0.360 e. The Kier molecular flexibility index (Phi) is 6.08. The van der Waals surface area contributed by atoms with E-state index in [1.165, 1.54) is 6.20 Å². The highest BCUT2D eigenvalue weighted by atomic mass is 16.2. The Hall–Kier alpha value is -3.58. The lowest BCUT2D eigenvalue weighted by Crippen LogP contribution is -2.37. The van der Waals surface area contributed by atoms with E-state index in [0.29, 0.717) is 6.54 Å². The van der Waals surface area contributed by atoms with Gasteiger partial charge in [0.2, 0.25) is 0 Å². The smallest absolute Gasteiger partial charge is 0.266 e. The number of amides is 1. The van der Waals surface area contributed by atoms with Crippen LogP contribution in [0, 0.1) is 11.3 Å². The second-order valence-corrected chi connectivity index (χ2v) is 6.89. The number of carbonyl (C=O) groups excluding carboxylic acids is 1. The zero-order valence-electron chi connectivity index (χ0n) is 16.1. The summed E-state index contributed by atoms with van der Waals surface area (Å²) in [5.41, 5.74) is 1.94. The highest BCUT2D eigenvalue weighted by Crippen LogP contribution is 2.19. The van der Waals surface area contributed by atoms with Crippen LogP contribution in [0.4, 0.5) is 5.69 Å². The molecule has 3 rings (SSSR count). The van der Waals surface area contributed by atoms with Crippen LogP contribution in [0.5, 0.6) is 0 Å². The highest BCUT2D eigenvalue weighted by Gasteiger charge is 2.21. The molecule has 0 unspecified atom stereocenters. The quantitative estimate of drug-likeness (QED) is 0.486. The minimum Gasteiger partial charge on any atom is -0.360 e. The van der Waals surface area contributed by atoms with E-state index in [9.17, 15) is 10.1 Å². The molecule has 1 N–H and O–H groups in total. The van der Waals surface area contributed by atoms with E-state index < -0.39 is 0 Å². The molecule has 3 aromatic carbocycles. The van der Waals surface area contributed by atoms with Crippen molar-refractivity contribution in [1.82, 2.24) is 4.90 Å². The normalized spacial score (nSPS) is 11.3. The number of nitriles is 1. The van der Waals surface area contributed by atoms with Crippen molar-refractivity contribution in [2.24, 2.45) is 0 Å². The Morgan fingerprint density at radius 1 is 1.04 bits per heavy atom. The molecule has 0 aliphatic carbocycles. The summed E-state index contributed by atoms with van der Waals surface area (Å²) in [5.74, 6) is -0.283. The summed E-state index contributed by atoms with van der Waals surface area (Å²) in [7, 11) is 0. The number of carbonyl (C=O) groups is 1. The summed E-state index contributed by atoms with van der Waals surface area (Å²) in [4.78, 5) is 14.6. The van der Waals surface area contributed by atoms with Crippen molar-refractivity contribution in [2.75, 3.05) is 5.32 Å². The number of benzene rings is 3. The molecule has 4 heteroatoms. The average molecular weight is 369 g/mol. The van der Waals surface area contributed by atoms with Crippen molar-refractivity contribution < 1.29 is 4.79 Å². The Morgan fingerprint density at radius 3 is 2.39 bits per heavy atom. The van der Waals surface area contributed by atoms with Gasteiger partial charge in [-0.05, 0) is 42.3 Å². The molecule has 4 nitrogen and oxygen atoms in total. The third kappa shape index (κ3) is 4.57. The van der Waals surface area contributed by atoms with Gasteiger partial charge in [0.15, 0.2) is 0 Å². The van der Waals surface area contributed by atoms with E-state index in [1.54, 1.807) is 4.90 Å². The molecule has 0 bridgehead atoms. The van der Waals surface area contributed by atoms with Crippen molar-refractivity contribution >= 4 is 22.4 Å². The van der Waals surface area contributed by atoms with Gasteiger partial charge in [-0.2, -0.15) is 5.26 Å². The average Bonchev–Trinajstić information content (AvgIpc) is 2.72. The first-order valence-corrected chi connectivity index (χ1v) is 9.29. The van der Waals surface area contributed by atoms with Crippen LogP contribution in [0.25, 0.3) is 10.8 Å². The van der Waals surface area contributed by atoms with Gasteiger partial charge in [0.05, 0.1) is 0 Å². The molecule has 0 spiro atoms. The first-order valence-electron chi connectivity index (χ1n) is 9.29. The minimum atomic E-state index is -0.283. The molecule has 0 fully saturated rings. The maximum absolute atomic E-state index is 12.9. The number of hydrogen-bond acceptors (Lipinski definition) is 3. The standard InChI is InChI=1S/C24H23N3O/c1-18(2)27(17-19-8-4-3-5-9-19)24(28)22(15-25)16-26-23-13-12-20-10-6-7-11-21(20)14-23/h3-14,16,18,26H,17H2,1-2H3/b22-16-. The third-order valence-corrected chi connectivity index (χ3v) is 4.56. The van der Waals surface area contributed by atoms with Crippen molar-refractivity contribution in [1.29, 1.82) is 5.26 Å². The molecule has 0 heterocycles. The molecule has 0 aliphatic rings. The van der Waals surface area contributed by atoms with Crippen LogP contribution in [0.2, 0.25) is 0 Å². The van der Waals surface area contributed by atoms with Gasteiger partial charge in [-0.25, -0.2) is 0 Å². The summed E-state index contributed by atoms with van der Waals surface area (Å²) in [6, 6.07) is 25.8. The number of rotatable bonds is 6. The zero-order chi connectivity index (χ0) is 19.9. The number of fused-ring (bicyclic) bond motifs is 1. The fourth-order valence-corrected chi connectivity index (χ4v) is 3.00. The lowest BCUT2D eigenvalue weighted by molar-refractivity contribution is -0.129. The van der Waals surface area contributed by atoms with E-state index in [0.717, 1.165) is 22.0 Å².